The van der Waals surface area contributed by atoms with Crippen molar-refractivity contribution in [3.8, 4) is 0 Å². The van der Waals surface area contributed by atoms with Crippen LogP contribution in [-0.2, 0) is 4.79 Å². The molecule has 0 aromatic rings. The Morgan fingerprint density at radius 1 is 0.684 bits per heavy atom. The fraction of sp³-hybridized carbons (Fsp3) is 0.967. The first-order valence-electron chi connectivity index (χ1n) is 14.6. The van der Waals surface area contributed by atoms with E-state index in [-0.39, 0.29) is 138 Å². The molecule has 38 heavy (non-hydrogen) atoms. The Kier molecular flexibility index (Phi) is 27.7. The van der Waals surface area contributed by atoms with Gasteiger partial charge in [-0.25, -0.2) is 0 Å². The molecule has 0 heterocycles. The van der Waals surface area contributed by atoms with Gasteiger partial charge in [0.25, 0.3) is 0 Å². The van der Waals surface area contributed by atoms with Crippen LogP contribution in [0.25, 0.3) is 0 Å². The number of hydrogen-bond donors (Lipinski definition) is 5. The number of aliphatic hydroxyl groups excluding tert-OH is 3. The molecule has 0 aliphatic carbocycles. The molecule has 222 valence electrons. The molecule has 8 heteroatoms. The molecule has 2 radical (unpaired) electrons. The molecular weight excluding hydrogens is 906 g/mol. The molecule has 1 amide bonds. The van der Waals surface area contributed by atoms with Crippen LogP contribution in [0.4, 0.5) is 0 Å². The topological polar surface area (TPSA) is 116 Å². The number of carbonyl (C=O) groups is 1. The summed E-state index contributed by atoms with van der Waals surface area (Å²) in [6, 6.07) is -0.877. The van der Waals surface area contributed by atoms with Crippen molar-refractivity contribution in [1.82, 2.24) is 5.32 Å². The van der Waals surface area contributed by atoms with Crippen LogP contribution in [0.3, 0.4) is 0 Å². The molecule has 0 aromatic carbocycles. The summed E-state index contributed by atoms with van der Waals surface area (Å²) in [5.74, 6) is 3.42. The van der Waals surface area contributed by atoms with Gasteiger partial charge in [-0.1, -0.05) is 69.2 Å². The van der Waals surface area contributed by atoms with Crippen molar-refractivity contribution in [2.75, 3.05) is 19.8 Å². The molecule has 0 aromatic heterocycles. The van der Waals surface area contributed by atoms with Crippen molar-refractivity contribution in [1.29, 1.82) is 0 Å². The van der Waals surface area contributed by atoms with Crippen LogP contribution < -0.4 is 11.1 Å². The van der Waals surface area contributed by atoms with Crippen molar-refractivity contribution in [3.63, 3.8) is 0 Å². The zero-order valence-corrected chi connectivity index (χ0v) is 35.9. The number of carbonyl (C=O) groups excluding carboxylic acids is 1. The molecule has 0 aliphatic heterocycles. The summed E-state index contributed by atoms with van der Waals surface area (Å²) in [5.41, 5.74) is 6.01. The second kappa shape index (κ2) is 23.6. The Hall–Kier alpha value is 2.19. The van der Waals surface area contributed by atoms with Gasteiger partial charge in [0.05, 0.1) is 18.7 Å². The van der Waals surface area contributed by atoms with Crippen LogP contribution in [0, 0.1) is 147 Å². The first-order chi connectivity index (χ1) is 16.7. The van der Waals surface area contributed by atoms with Gasteiger partial charge in [-0.05, 0) is 84.9 Å². The Morgan fingerprint density at radius 2 is 1.24 bits per heavy atom. The predicted octanol–water partition coefficient (Wildman–Crippen LogP) is 4.70. The molecule has 0 saturated heterocycles. The van der Waals surface area contributed by atoms with Crippen molar-refractivity contribution >= 4 is 5.91 Å². The summed E-state index contributed by atoms with van der Waals surface area (Å²) in [4.78, 5) is 12.5. The summed E-state index contributed by atoms with van der Waals surface area (Å²) < 4.78 is 0. The molecular formula is C30H62Ac2N2O4. The number of hydrogen-bond acceptors (Lipinski definition) is 5. The summed E-state index contributed by atoms with van der Waals surface area (Å²) in [6.45, 7) is 22.2. The molecule has 0 aliphatic rings. The maximum atomic E-state index is 12.5. The molecule has 0 spiro atoms. The van der Waals surface area contributed by atoms with Crippen LogP contribution in [0.1, 0.15) is 94.9 Å². The summed E-state index contributed by atoms with van der Waals surface area (Å²) in [6.07, 6.45) is 3.66. The van der Waals surface area contributed by atoms with Crippen molar-refractivity contribution in [2.24, 2.45) is 64.9 Å². The van der Waals surface area contributed by atoms with Crippen molar-refractivity contribution in [3.05, 3.63) is 0 Å². The monoisotopic (exact) mass is 969 g/mol. The second-order valence-electron chi connectivity index (χ2n) is 12.9. The molecule has 0 fully saturated rings. The van der Waals surface area contributed by atoms with Gasteiger partial charge >= 0.3 is 0 Å². The van der Waals surface area contributed by atoms with Gasteiger partial charge in [0.2, 0.25) is 5.91 Å². The van der Waals surface area contributed by atoms with E-state index in [4.69, 9.17) is 5.73 Å². The van der Waals surface area contributed by atoms with E-state index in [2.05, 4.69) is 60.7 Å². The molecule has 10 unspecified atom stereocenters. The number of aliphatic hydroxyl groups is 3. The fourth-order valence-electron chi connectivity index (χ4n) is 5.71. The largest absolute Gasteiger partial charge is 0.396 e. The minimum absolute atomic E-state index is 0. The Bertz CT molecular complexity index is 597. The van der Waals surface area contributed by atoms with E-state index in [1.165, 1.54) is 0 Å². The van der Waals surface area contributed by atoms with E-state index in [0.29, 0.717) is 47.8 Å². The number of nitrogens with two attached hydrogens (primary N) is 1. The third-order valence-corrected chi connectivity index (χ3v) is 9.10. The van der Waals surface area contributed by atoms with E-state index in [0.717, 1.165) is 19.3 Å². The predicted molar refractivity (Wildman–Crippen MR) is 151 cm³/mol. The Morgan fingerprint density at radius 3 is 1.66 bits per heavy atom. The SMILES string of the molecule is CC(CO)CC(C)C(C)C(C(C)CO)C(CC(C)C(C)C)C(C)CCC(CO)NC(=O)C(N)C(C)C.[Ac].[Ac]. The minimum Gasteiger partial charge on any atom is -0.396 e. The van der Waals surface area contributed by atoms with E-state index < -0.39 is 6.04 Å². The summed E-state index contributed by atoms with van der Waals surface area (Å²) >= 11 is 0. The van der Waals surface area contributed by atoms with E-state index in [1.54, 1.807) is 0 Å². The maximum Gasteiger partial charge on any atom is 0.237 e. The van der Waals surface area contributed by atoms with Gasteiger partial charge in [-0.3, -0.25) is 4.79 Å². The van der Waals surface area contributed by atoms with Gasteiger partial charge in [-0.15, -0.1) is 0 Å². The number of rotatable bonds is 19. The van der Waals surface area contributed by atoms with Crippen LogP contribution in [0.5, 0.6) is 0 Å². The normalized spacial score (nSPS) is 19.7. The van der Waals surface area contributed by atoms with E-state index in [9.17, 15) is 20.1 Å². The molecule has 6 nitrogen and oxygen atoms in total. The van der Waals surface area contributed by atoms with Crippen molar-refractivity contribution < 1.29 is 108 Å². The van der Waals surface area contributed by atoms with Gasteiger partial charge in [-0.2, -0.15) is 0 Å². The average Bonchev–Trinajstić information content (AvgIpc) is 2.84. The van der Waals surface area contributed by atoms with Gasteiger partial charge < -0.3 is 26.4 Å². The maximum absolute atomic E-state index is 12.5. The summed E-state index contributed by atoms with van der Waals surface area (Å²) in [5, 5.41) is 32.8. The third-order valence-electron chi connectivity index (χ3n) is 9.10. The zero-order chi connectivity index (χ0) is 28.2. The first kappa shape index (κ1) is 44.6. The van der Waals surface area contributed by atoms with Crippen LogP contribution in [-0.4, -0.2) is 53.1 Å². The number of nitrogens with one attached hydrogen (secondary N) is 1. The van der Waals surface area contributed by atoms with Gasteiger partial charge in [0.15, 0.2) is 0 Å². The smallest absolute Gasteiger partial charge is 0.237 e. The molecule has 0 rings (SSSR count). The average molecular weight is 969 g/mol. The third kappa shape index (κ3) is 16.2. The van der Waals surface area contributed by atoms with E-state index >= 15 is 0 Å². The van der Waals surface area contributed by atoms with Crippen LogP contribution in [0.2, 0.25) is 0 Å². The molecule has 0 saturated carbocycles. The van der Waals surface area contributed by atoms with E-state index in [1.807, 2.05) is 13.8 Å². The van der Waals surface area contributed by atoms with Gasteiger partial charge in [0.1, 0.15) is 0 Å². The van der Waals surface area contributed by atoms with Gasteiger partial charge in [0, 0.05) is 101 Å². The van der Waals surface area contributed by atoms with Crippen LogP contribution >= 0.6 is 0 Å². The minimum atomic E-state index is -0.574. The first-order valence-corrected chi connectivity index (χ1v) is 14.6. The standard InChI is InChI=1S/C30H62N2O4.2Ac/c1-18(2)22(7)14-27(28(24(9)16-34)25(10)23(8)13-20(5)15-33)21(6)11-12-26(17-35)32-30(36)29(31)19(3)4;;/h18-29,33-35H,11-17,31H2,1-10H3,(H,32,36);;. The molecule has 0 bridgehead atoms. The molecule has 6 N–H and O–H groups in total. The Labute approximate surface area is 307 Å². The van der Waals surface area contributed by atoms with Crippen LogP contribution in [0.15, 0.2) is 0 Å². The Balaban J connectivity index is -0.00000612. The summed E-state index contributed by atoms with van der Waals surface area (Å²) in [7, 11) is 0. The zero-order valence-electron chi connectivity index (χ0n) is 26.4. The van der Waals surface area contributed by atoms with Crippen molar-refractivity contribution in [2.45, 2.75) is 107 Å². The number of amides is 1. The molecule has 10 atom stereocenters. The quantitative estimate of drug-likeness (QED) is 0.129. The fourth-order valence-corrected chi connectivity index (χ4v) is 5.71. The second-order valence-corrected chi connectivity index (χ2v) is 12.9.